The maximum Gasteiger partial charge on any atom is 0.348 e. The first-order valence-corrected chi connectivity index (χ1v) is 16.2. The molecule has 2 aromatic heterocycles. The molecule has 0 radical (unpaired) electrons. The molecule has 2 aliphatic rings. The number of hydrogen-bond donors (Lipinski definition) is 2. The molecule has 7 rings (SSSR count). The Balaban J connectivity index is 1.32. The van der Waals surface area contributed by atoms with Crippen molar-refractivity contribution in [2.75, 3.05) is 32.3 Å². The number of H-pyrrole nitrogens is 1. The van der Waals surface area contributed by atoms with Gasteiger partial charge in [0.25, 0.3) is 0 Å². The maximum absolute atomic E-state index is 13.7. The van der Waals surface area contributed by atoms with Crippen molar-refractivity contribution in [2.45, 2.75) is 51.4 Å². The largest absolute Gasteiger partial charge is 0.497 e. The second kappa shape index (κ2) is 13.8. The zero-order valence-electron chi connectivity index (χ0n) is 27.3. The summed E-state index contributed by atoms with van der Waals surface area (Å²) >= 11 is 0. The van der Waals surface area contributed by atoms with Gasteiger partial charge in [-0.2, -0.15) is 9.97 Å². The molecule has 2 N–H and O–H groups in total. The van der Waals surface area contributed by atoms with Gasteiger partial charge < -0.3 is 38.7 Å². The lowest BCUT2D eigenvalue weighted by molar-refractivity contribution is -0.147. The molecule has 4 bridgehead atoms. The average Bonchev–Trinajstić information content (AvgIpc) is 3.43. The number of methoxy groups -OCH3 is 2. The molecule has 49 heavy (non-hydrogen) atoms. The van der Waals surface area contributed by atoms with Crippen LogP contribution in [0.5, 0.6) is 29.0 Å². The van der Waals surface area contributed by atoms with Crippen LogP contribution < -0.4 is 34.3 Å². The lowest BCUT2D eigenvalue weighted by atomic mass is 10.0. The van der Waals surface area contributed by atoms with Gasteiger partial charge in [-0.1, -0.05) is 30.3 Å². The number of carboxylic acids is 1. The number of benzene rings is 3. The molecule has 0 aliphatic carbocycles. The molecule has 4 heterocycles. The summed E-state index contributed by atoms with van der Waals surface area (Å²) in [6, 6.07) is 19.6. The normalized spacial score (nSPS) is 15.7. The summed E-state index contributed by atoms with van der Waals surface area (Å²) in [4.78, 5) is 40.1. The highest BCUT2D eigenvalue weighted by atomic mass is 16.6. The van der Waals surface area contributed by atoms with E-state index in [1.807, 2.05) is 54.6 Å². The van der Waals surface area contributed by atoms with Gasteiger partial charge in [-0.15, -0.1) is 0 Å². The lowest BCUT2D eigenvalue weighted by Gasteiger charge is -2.27. The Hall–Kier alpha value is -5.72. The van der Waals surface area contributed by atoms with E-state index >= 15 is 0 Å². The fourth-order valence-corrected chi connectivity index (χ4v) is 6.19. The highest BCUT2D eigenvalue weighted by molar-refractivity contribution is 5.84. The van der Waals surface area contributed by atoms with E-state index in [0.717, 1.165) is 53.0 Å². The summed E-state index contributed by atoms with van der Waals surface area (Å²) in [5, 5.41) is 9.55. The summed E-state index contributed by atoms with van der Waals surface area (Å²) in [5.41, 5.74) is 4.19. The van der Waals surface area contributed by atoms with Gasteiger partial charge in [-0.05, 0) is 78.3 Å². The molecule has 0 fully saturated rings. The van der Waals surface area contributed by atoms with Crippen LogP contribution in [0.3, 0.4) is 0 Å². The lowest BCUT2D eigenvalue weighted by Crippen LogP contribution is -2.36. The molecule has 0 amide bonds. The van der Waals surface area contributed by atoms with Crippen molar-refractivity contribution < 1.29 is 33.6 Å². The number of anilines is 1. The van der Waals surface area contributed by atoms with Gasteiger partial charge in [0.1, 0.15) is 23.6 Å². The zero-order valence-corrected chi connectivity index (χ0v) is 27.3. The van der Waals surface area contributed by atoms with Gasteiger partial charge in [0.2, 0.25) is 6.10 Å². The summed E-state index contributed by atoms with van der Waals surface area (Å²) in [6.07, 6.45) is 1.99. The van der Waals surface area contributed by atoms with Crippen molar-refractivity contribution in [1.29, 1.82) is 0 Å². The number of aryl methyl sites for hydroxylation is 1. The first-order valence-electron chi connectivity index (χ1n) is 16.2. The Bertz CT molecular complexity index is 1970. The smallest absolute Gasteiger partial charge is 0.348 e. The van der Waals surface area contributed by atoms with E-state index in [-0.39, 0.29) is 24.9 Å². The topological polar surface area (TPSA) is 150 Å². The van der Waals surface area contributed by atoms with Crippen LogP contribution in [0.25, 0.3) is 11.2 Å². The van der Waals surface area contributed by atoms with Crippen molar-refractivity contribution in [3.8, 4) is 29.0 Å². The van der Waals surface area contributed by atoms with Gasteiger partial charge in [0, 0.05) is 13.1 Å². The second-order valence-corrected chi connectivity index (χ2v) is 12.1. The number of hydrogen-bond acceptors (Lipinski definition) is 10. The van der Waals surface area contributed by atoms with Crippen molar-refractivity contribution >= 4 is 23.0 Å². The minimum absolute atomic E-state index is 0.103. The molecule has 0 saturated carbocycles. The fourth-order valence-electron chi connectivity index (χ4n) is 6.19. The summed E-state index contributed by atoms with van der Waals surface area (Å²) in [7, 11) is 3.27. The number of imidazole rings is 1. The van der Waals surface area contributed by atoms with E-state index in [1.54, 1.807) is 24.9 Å². The molecular weight excluding hydrogens is 630 g/mol. The first kappa shape index (κ1) is 31.9. The number of ether oxygens (including phenoxy) is 5. The number of nitrogens with zero attached hydrogens (tertiary/aromatic N) is 4. The molecule has 13 heteroatoms. The number of aromatic amines is 1. The highest BCUT2D eigenvalue weighted by Crippen LogP contribution is 2.38. The summed E-state index contributed by atoms with van der Waals surface area (Å²) in [5.74, 6) is 1.86. The van der Waals surface area contributed by atoms with Crippen LogP contribution >= 0.6 is 0 Å². The van der Waals surface area contributed by atoms with E-state index in [4.69, 9.17) is 33.7 Å². The number of aromatic nitrogens is 4. The number of nitrogens with one attached hydrogen (secondary N) is 1. The third kappa shape index (κ3) is 6.82. The second-order valence-electron chi connectivity index (χ2n) is 12.1. The molecule has 254 valence electrons. The van der Waals surface area contributed by atoms with Crippen molar-refractivity contribution in [1.82, 2.24) is 19.5 Å². The van der Waals surface area contributed by atoms with E-state index in [1.165, 1.54) is 0 Å². The van der Waals surface area contributed by atoms with Gasteiger partial charge in [0.15, 0.2) is 23.0 Å². The molecular formula is C36H37N5O8. The Morgan fingerprint density at radius 2 is 1.65 bits per heavy atom. The van der Waals surface area contributed by atoms with Crippen LogP contribution in [0, 0.1) is 0 Å². The average molecular weight is 668 g/mol. The van der Waals surface area contributed by atoms with Gasteiger partial charge in [-0.25, -0.2) is 9.59 Å². The van der Waals surface area contributed by atoms with E-state index in [9.17, 15) is 14.7 Å². The van der Waals surface area contributed by atoms with Crippen LogP contribution in [0.15, 0.2) is 65.5 Å². The molecule has 3 aromatic carbocycles. The minimum Gasteiger partial charge on any atom is -0.497 e. The van der Waals surface area contributed by atoms with Crippen molar-refractivity contribution in [3.05, 3.63) is 93.4 Å². The number of carbonyl (C=O) groups is 1. The minimum atomic E-state index is -1.08. The predicted molar refractivity (Wildman–Crippen MR) is 180 cm³/mol. The quantitative estimate of drug-likeness (QED) is 0.237. The van der Waals surface area contributed by atoms with Crippen LogP contribution in [-0.2, 0) is 30.8 Å². The molecule has 1 unspecified atom stereocenters. The van der Waals surface area contributed by atoms with Crippen LogP contribution in [0.4, 0.5) is 5.82 Å². The third-order valence-electron chi connectivity index (χ3n) is 8.73. The van der Waals surface area contributed by atoms with Crippen molar-refractivity contribution in [2.24, 2.45) is 0 Å². The third-order valence-corrected chi connectivity index (χ3v) is 8.73. The van der Waals surface area contributed by atoms with Crippen LogP contribution in [0.2, 0.25) is 0 Å². The van der Waals surface area contributed by atoms with Gasteiger partial charge in [0.05, 0.1) is 27.4 Å². The zero-order chi connectivity index (χ0) is 33.9. The van der Waals surface area contributed by atoms with Gasteiger partial charge >= 0.3 is 17.7 Å². The Labute approximate surface area is 282 Å². The SMILES string of the molecule is COc1ccc(CN(Cc2ccc(OC)cc2)c2nc3nc4c2[nH]c(=O)n4Cc2cc(c4c(c2)OCC(C(=O)O)O4)CCCCCO3)cc1. The van der Waals surface area contributed by atoms with Crippen LogP contribution in [0.1, 0.15) is 41.5 Å². The number of carboxylic acid groups (broad SMARTS) is 1. The Kier molecular flexibility index (Phi) is 8.97. The number of fused-ring (bicyclic) bond motifs is 5. The Morgan fingerprint density at radius 3 is 2.31 bits per heavy atom. The Morgan fingerprint density at radius 1 is 0.959 bits per heavy atom. The van der Waals surface area contributed by atoms with Crippen molar-refractivity contribution in [3.63, 3.8) is 0 Å². The number of aliphatic carboxylic acids is 1. The maximum atomic E-state index is 13.7. The summed E-state index contributed by atoms with van der Waals surface area (Å²) in [6.45, 7) is 1.40. The molecule has 13 nitrogen and oxygen atoms in total. The van der Waals surface area contributed by atoms with E-state index in [0.29, 0.717) is 54.6 Å². The van der Waals surface area contributed by atoms with Crippen LogP contribution in [-0.4, -0.2) is 64.1 Å². The highest BCUT2D eigenvalue weighted by Gasteiger charge is 2.30. The molecule has 0 saturated heterocycles. The fraction of sp³-hybridized carbons (Fsp3) is 0.333. The standard InChI is InChI=1S/C36H37N5O8/c1-45-26-11-7-22(8-12-26)18-40(19-23-9-13-27(46-2)14-10-23)32-30-33-39-35(38-32)47-15-5-3-4-6-25-16-24(20-41(33)36(44)37-30)17-28-31(25)49-29(21-48-28)34(42)43/h7-14,16-17,29H,3-6,15,18-21H2,1-2H3,(H,37,44)(H,42,43). The predicted octanol–water partition coefficient (Wildman–Crippen LogP) is 4.72. The van der Waals surface area contributed by atoms with Gasteiger partial charge in [-0.3, -0.25) is 4.57 Å². The summed E-state index contributed by atoms with van der Waals surface area (Å²) < 4.78 is 30.2. The molecule has 5 aromatic rings. The molecule has 2 aliphatic heterocycles. The molecule has 0 spiro atoms. The monoisotopic (exact) mass is 667 g/mol. The first-order chi connectivity index (χ1) is 23.9. The van der Waals surface area contributed by atoms with E-state index < -0.39 is 12.1 Å². The number of rotatable bonds is 8. The molecule has 1 atom stereocenters. The van der Waals surface area contributed by atoms with E-state index in [2.05, 4.69) is 9.88 Å².